The molecule has 7 heteroatoms. The Bertz CT molecular complexity index is 952. The highest BCUT2D eigenvalue weighted by Gasteiger charge is 2.52. The Balaban J connectivity index is 1.55. The van der Waals surface area contributed by atoms with E-state index in [0.717, 1.165) is 24.6 Å². The van der Waals surface area contributed by atoms with Crippen molar-refractivity contribution in [3.8, 4) is 5.69 Å². The molecule has 0 aliphatic heterocycles. The maximum absolute atomic E-state index is 13.3. The molecule has 1 aliphatic carbocycles. The molecule has 0 unspecified atom stereocenters. The summed E-state index contributed by atoms with van der Waals surface area (Å²) in [5.41, 5.74) is 0.721. The van der Waals surface area contributed by atoms with Gasteiger partial charge >= 0.3 is 0 Å². The average molecular weight is 357 g/mol. The number of halogens is 2. The number of hydrogen-bond acceptors (Lipinski definition) is 3. The minimum atomic E-state index is -0.595. The second kappa shape index (κ2) is 5.97. The summed E-state index contributed by atoms with van der Waals surface area (Å²) in [6.45, 7) is 0. The number of hydrogen-bond donors (Lipinski definition) is 1. The van der Waals surface area contributed by atoms with Crippen LogP contribution in [0.3, 0.4) is 0 Å². The summed E-state index contributed by atoms with van der Waals surface area (Å²) in [7, 11) is 0. The first-order valence-corrected chi connectivity index (χ1v) is 8.19. The van der Waals surface area contributed by atoms with Crippen LogP contribution in [0.2, 0.25) is 5.02 Å². The molecule has 0 atom stereocenters. The Morgan fingerprint density at radius 2 is 2.04 bits per heavy atom. The van der Waals surface area contributed by atoms with E-state index in [9.17, 15) is 9.18 Å². The van der Waals surface area contributed by atoms with E-state index in [1.165, 1.54) is 16.9 Å². The number of carbonyl (C=O) groups is 1. The highest BCUT2D eigenvalue weighted by Crippen LogP contribution is 2.51. The summed E-state index contributed by atoms with van der Waals surface area (Å²) in [5, 5.41) is 7.68. The van der Waals surface area contributed by atoms with Gasteiger partial charge in [-0.2, -0.15) is 5.10 Å². The second-order valence-corrected chi connectivity index (χ2v) is 6.43. The first kappa shape index (κ1) is 15.8. The van der Waals surface area contributed by atoms with Crippen molar-refractivity contribution in [1.29, 1.82) is 0 Å². The molecule has 1 amide bonds. The monoisotopic (exact) mass is 356 g/mol. The van der Waals surface area contributed by atoms with E-state index in [-0.39, 0.29) is 5.91 Å². The zero-order valence-corrected chi connectivity index (χ0v) is 13.9. The summed E-state index contributed by atoms with van der Waals surface area (Å²) in [6.07, 6.45) is 5.75. The fraction of sp³-hybridized carbons (Fsp3) is 0.167. The predicted molar refractivity (Wildman–Crippen MR) is 92.3 cm³/mol. The van der Waals surface area contributed by atoms with E-state index in [4.69, 9.17) is 11.6 Å². The van der Waals surface area contributed by atoms with Crippen molar-refractivity contribution in [2.24, 2.45) is 0 Å². The van der Waals surface area contributed by atoms with Gasteiger partial charge in [0.25, 0.3) is 0 Å². The topological polar surface area (TPSA) is 59.8 Å². The van der Waals surface area contributed by atoms with Crippen LogP contribution in [0.4, 0.5) is 10.2 Å². The minimum Gasteiger partial charge on any atom is -0.308 e. The van der Waals surface area contributed by atoms with E-state index in [2.05, 4.69) is 15.4 Å². The predicted octanol–water partition coefficient (Wildman–Crippen LogP) is 3.73. The van der Waals surface area contributed by atoms with Crippen LogP contribution in [0.15, 0.2) is 55.0 Å². The van der Waals surface area contributed by atoms with Gasteiger partial charge in [-0.15, -0.1) is 0 Å². The van der Waals surface area contributed by atoms with E-state index < -0.39 is 11.2 Å². The van der Waals surface area contributed by atoms with Gasteiger partial charge in [0.1, 0.15) is 5.82 Å². The van der Waals surface area contributed by atoms with Gasteiger partial charge in [0, 0.05) is 23.4 Å². The van der Waals surface area contributed by atoms with Crippen molar-refractivity contribution in [3.63, 3.8) is 0 Å². The molecule has 1 N–H and O–H groups in total. The third-order valence-corrected chi connectivity index (χ3v) is 4.69. The lowest BCUT2D eigenvalue weighted by atomic mass is 9.95. The Kier molecular flexibility index (Phi) is 3.77. The number of carbonyl (C=O) groups excluding carboxylic acids is 1. The van der Waals surface area contributed by atoms with Gasteiger partial charge in [-0.05, 0) is 24.5 Å². The number of amides is 1. The summed E-state index contributed by atoms with van der Waals surface area (Å²) < 4.78 is 14.7. The molecule has 3 aromatic rings. The smallest absolute Gasteiger partial charge is 0.236 e. The van der Waals surface area contributed by atoms with Crippen LogP contribution in [0.1, 0.15) is 18.4 Å². The Labute approximate surface area is 148 Å². The third-order valence-electron chi connectivity index (χ3n) is 4.36. The van der Waals surface area contributed by atoms with Crippen molar-refractivity contribution in [3.05, 3.63) is 71.4 Å². The molecule has 1 saturated carbocycles. The van der Waals surface area contributed by atoms with Gasteiger partial charge in [0.2, 0.25) is 5.91 Å². The molecule has 4 rings (SSSR count). The molecule has 2 heterocycles. The molecule has 25 heavy (non-hydrogen) atoms. The van der Waals surface area contributed by atoms with Crippen LogP contribution < -0.4 is 5.32 Å². The van der Waals surface area contributed by atoms with Crippen LogP contribution in [-0.2, 0) is 10.2 Å². The van der Waals surface area contributed by atoms with E-state index in [1.807, 2.05) is 18.2 Å². The largest absolute Gasteiger partial charge is 0.308 e. The van der Waals surface area contributed by atoms with Gasteiger partial charge in [-0.25, -0.2) is 9.07 Å². The summed E-state index contributed by atoms with van der Waals surface area (Å²) in [5.74, 6) is -0.190. The van der Waals surface area contributed by atoms with Crippen LogP contribution in [0.25, 0.3) is 5.69 Å². The molecule has 5 nitrogen and oxygen atoms in total. The van der Waals surface area contributed by atoms with Gasteiger partial charge in [-0.3, -0.25) is 9.78 Å². The highest BCUT2D eigenvalue weighted by molar-refractivity contribution is 6.32. The molecule has 0 spiro atoms. The summed E-state index contributed by atoms with van der Waals surface area (Å²) in [4.78, 5) is 16.5. The molecule has 1 aliphatic rings. The molecule has 2 aromatic heterocycles. The lowest BCUT2D eigenvalue weighted by Gasteiger charge is -2.16. The van der Waals surface area contributed by atoms with Crippen molar-refractivity contribution in [1.82, 2.24) is 14.8 Å². The van der Waals surface area contributed by atoms with E-state index >= 15 is 0 Å². The number of nitrogens with zero attached hydrogens (tertiary/aromatic N) is 3. The number of nitrogens with one attached hydrogen (secondary N) is 1. The molecule has 0 bridgehead atoms. The zero-order valence-electron chi connectivity index (χ0n) is 13.1. The lowest BCUT2D eigenvalue weighted by molar-refractivity contribution is -0.118. The molecule has 0 radical (unpaired) electrons. The quantitative estimate of drug-likeness (QED) is 0.774. The maximum Gasteiger partial charge on any atom is 0.236 e. The number of pyridine rings is 1. The molecule has 1 aromatic carbocycles. The van der Waals surface area contributed by atoms with Gasteiger partial charge in [0.05, 0.1) is 23.5 Å². The first-order valence-electron chi connectivity index (χ1n) is 7.82. The fourth-order valence-electron chi connectivity index (χ4n) is 2.89. The number of anilines is 1. The lowest BCUT2D eigenvalue weighted by Crippen LogP contribution is -2.28. The van der Waals surface area contributed by atoms with Crippen molar-refractivity contribution >= 4 is 23.3 Å². The van der Waals surface area contributed by atoms with Gasteiger partial charge in [0.15, 0.2) is 5.82 Å². The zero-order chi connectivity index (χ0) is 17.4. The molecule has 126 valence electrons. The van der Waals surface area contributed by atoms with Gasteiger partial charge in [-0.1, -0.05) is 29.8 Å². The Morgan fingerprint density at radius 1 is 1.24 bits per heavy atom. The van der Waals surface area contributed by atoms with E-state index in [1.54, 1.807) is 18.3 Å². The Morgan fingerprint density at radius 3 is 2.76 bits per heavy atom. The SMILES string of the molecule is O=C(Nc1ccn(-c2cncc(F)c2)n1)C1(c2ccccc2Cl)CC1. The number of rotatable bonds is 4. The van der Waals surface area contributed by atoms with Crippen LogP contribution in [0, 0.1) is 5.82 Å². The van der Waals surface area contributed by atoms with Crippen LogP contribution in [-0.4, -0.2) is 20.7 Å². The normalized spacial score (nSPS) is 15.0. The highest BCUT2D eigenvalue weighted by atomic mass is 35.5. The maximum atomic E-state index is 13.3. The minimum absolute atomic E-state index is 0.136. The van der Waals surface area contributed by atoms with Crippen LogP contribution in [0.5, 0.6) is 0 Å². The van der Waals surface area contributed by atoms with Crippen molar-refractivity contribution < 1.29 is 9.18 Å². The van der Waals surface area contributed by atoms with Crippen LogP contribution >= 0.6 is 11.6 Å². The van der Waals surface area contributed by atoms with Gasteiger partial charge < -0.3 is 5.32 Å². The first-order chi connectivity index (χ1) is 12.1. The average Bonchev–Trinajstić information content (AvgIpc) is 3.28. The molecular weight excluding hydrogens is 343 g/mol. The van der Waals surface area contributed by atoms with E-state index in [0.29, 0.717) is 16.5 Å². The molecule has 1 fully saturated rings. The molecular formula is C18H14ClFN4O. The summed E-state index contributed by atoms with van der Waals surface area (Å²) >= 11 is 6.25. The molecule has 0 saturated heterocycles. The second-order valence-electron chi connectivity index (χ2n) is 6.02. The summed E-state index contributed by atoms with van der Waals surface area (Å²) in [6, 6.07) is 10.4. The Hall–Kier alpha value is -2.73. The third kappa shape index (κ3) is 2.89. The number of benzene rings is 1. The van der Waals surface area contributed by atoms with Crippen molar-refractivity contribution in [2.75, 3.05) is 5.32 Å². The van der Waals surface area contributed by atoms with Crippen molar-refractivity contribution in [2.45, 2.75) is 18.3 Å². The number of aromatic nitrogens is 3. The fourth-order valence-corrected chi connectivity index (χ4v) is 3.21. The standard InChI is InChI=1S/C18H14ClFN4O/c19-15-4-2-1-3-14(15)18(6-7-18)17(25)22-16-5-8-24(23-16)13-9-12(20)10-21-11-13/h1-5,8-11H,6-7H2,(H,22,23,25).